The van der Waals surface area contributed by atoms with E-state index in [4.69, 9.17) is 0 Å². The van der Waals surface area contributed by atoms with Crippen LogP contribution >= 0.6 is 11.3 Å². The number of pyridine rings is 1. The molecule has 0 aliphatic heterocycles. The van der Waals surface area contributed by atoms with Gasteiger partial charge in [-0.25, -0.2) is 0 Å². The monoisotopic (exact) mass is 289 g/mol. The van der Waals surface area contributed by atoms with Gasteiger partial charge in [0.05, 0.1) is 6.54 Å². The third-order valence-electron chi connectivity index (χ3n) is 2.97. The van der Waals surface area contributed by atoms with Gasteiger partial charge in [0.25, 0.3) is 0 Å². The molecule has 0 saturated heterocycles. The standard InChI is InChI=1S/C13H15N5OS/c19-11(8-14-7-9-4-5-9)16-13-18-17-12(20-13)10-3-1-2-6-15-10/h1-3,6,9,14H,4-5,7-8H2,(H,16,18,19). The molecule has 1 fully saturated rings. The first kappa shape index (κ1) is 13.1. The van der Waals surface area contributed by atoms with Gasteiger partial charge in [0, 0.05) is 6.20 Å². The van der Waals surface area contributed by atoms with E-state index in [0.29, 0.717) is 16.7 Å². The Morgan fingerprint density at radius 2 is 2.25 bits per heavy atom. The van der Waals surface area contributed by atoms with Gasteiger partial charge in [-0.2, -0.15) is 0 Å². The van der Waals surface area contributed by atoms with E-state index < -0.39 is 0 Å². The van der Waals surface area contributed by atoms with Crippen LogP contribution in [0.1, 0.15) is 12.8 Å². The van der Waals surface area contributed by atoms with Crippen molar-refractivity contribution in [2.24, 2.45) is 5.92 Å². The minimum absolute atomic E-state index is 0.0885. The van der Waals surface area contributed by atoms with E-state index in [-0.39, 0.29) is 5.91 Å². The smallest absolute Gasteiger partial charge is 0.240 e. The summed E-state index contributed by atoms with van der Waals surface area (Å²) in [5.74, 6) is 0.675. The second-order valence-corrected chi connectivity index (χ2v) is 5.73. The van der Waals surface area contributed by atoms with Crippen LogP contribution in [-0.2, 0) is 4.79 Å². The SMILES string of the molecule is O=C(CNCC1CC1)Nc1nnc(-c2ccccn2)s1. The average molecular weight is 289 g/mol. The Balaban J connectivity index is 1.52. The fourth-order valence-electron chi connectivity index (χ4n) is 1.74. The van der Waals surface area contributed by atoms with Gasteiger partial charge in [-0.1, -0.05) is 17.4 Å². The Labute approximate surface area is 120 Å². The van der Waals surface area contributed by atoms with Gasteiger partial charge in [0.2, 0.25) is 11.0 Å². The number of hydrogen-bond donors (Lipinski definition) is 2. The van der Waals surface area contributed by atoms with Gasteiger partial charge in [-0.15, -0.1) is 10.2 Å². The van der Waals surface area contributed by atoms with Gasteiger partial charge >= 0.3 is 0 Å². The molecule has 20 heavy (non-hydrogen) atoms. The number of nitrogens with zero attached hydrogens (tertiary/aromatic N) is 3. The lowest BCUT2D eigenvalue weighted by atomic mass is 10.4. The number of hydrogen-bond acceptors (Lipinski definition) is 6. The number of amides is 1. The topological polar surface area (TPSA) is 79.8 Å². The van der Waals surface area contributed by atoms with Gasteiger partial charge in [-0.05, 0) is 37.4 Å². The van der Waals surface area contributed by atoms with E-state index in [1.54, 1.807) is 6.20 Å². The van der Waals surface area contributed by atoms with Gasteiger partial charge in [0.1, 0.15) is 5.69 Å². The molecule has 2 aromatic heterocycles. The molecule has 0 bridgehead atoms. The number of nitrogens with one attached hydrogen (secondary N) is 2. The van der Waals surface area contributed by atoms with Gasteiger partial charge in [-0.3, -0.25) is 15.1 Å². The zero-order chi connectivity index (χ0) is 13.8. The minimum Gasteiger partial charge on any atom is -0.308 e. The largest absolute Gasteiger partial charge is 0.308 e. The van der Waals surface area contributed by atoms with Crippen LogP contribution in [0.2, 0.25) is 0 Å². The molecule has 7 heteroatoms. The summed E-state index contributed by atoms with van der Waals surface area (Å²) in [7, 11) is 0. The molecule has 1 aliphatic rings. The summed E-state index contributed by atoms with van der Waals surface area (Å²) < 4.78 is 0. The number of aromatic nitrogens is 3. The molecule has 0 unspecified atom stereocenters. The predicted octanol–water partition coefficient (Wildman–Crippen LogP) is 1.54. The molecule has 0 aromatic carbocycles. The molecule has 0 atom stereocenters. The first-order valence-electron chi connectivity index (χ1n) is 6.57. The van der Waals surface area contributed by atoms with Crippen LogP contribution in [0.4, 0.5) is 5.13 Å². The van der Waals surface area contributed by atoms with Crippen molar-refractivity contribution in [3.8, 4) is 10.7 Å². The minimum atomic E-state index is -0.0885. The first-order valence-corrected chi connectivity index (χ1v) is 7.38. The summed E-state index contributed by atoms with van der Waals surface area (Å²) in [6.07, 6.45) is 4.26. The van der Waals surface area contributed by atoms with E-state index in [9.17, 15) is 4.79 Å². The van der Waals surface area contributed by atoms with Crippen LogP contribution in [0.15, 0.2) is 24.4 Å². The maximum absolute atomic E-state index is 11.7. The van der Waals surface area contributed by atoms with Crippen molar-refractivity contribution in [2.45, 2.75) is 12.8 Å². The third-order valence-corrected chi connectivity index (χ3v) is 3.83. The highest BCUT2D eigenvalue weighted by atomic mass is 32.1. The molecular formula is C13H15N5OS. The van der Waals surface area contributed by atoms with Crippen molar-refractivity contribution in [1.82, 2.24) is 20.5 Å². The first-order chi connectivity index (χ1) is 9.81. The molecule has 6 nitrogen and oxygen atoms in total. The summed E-state index contributed by atoms with van der Waals surface area (Å²) >= 11 is 1.32. The maximum Gasteiger partial charge on any atom is 0.240 e. The number of anilines is 1. The highest BCUT2D eigenvalue weighted by Crippen LogP contribution is 2.27. The Morgan fingerprint density at radius 3 is 3.00 bits per heavy atom. The van der Waals surface area contributed by atoms with E-state index >= 15 is 0 Å². The Morgan fingerprint density at radius 1 is 1.35 bits per heavy atom. The molecular weight excluding hydrogens is 274 g/mol. The summed E-state index contributed by atoms with van der Waals surface area (Å²) in [4.78, 5) is 15.9. The van der Waals surface area contributed by atoms with Crippen LogP contribution in [0.5, 0.6) is 0 Å². The summed E-state index contributed by atoms with van der Waals surface area (Å²) in [5, 5.41) is 15.1. The lowest BCUT2D eigenvalue weighted by Crippen LogP contribution is -2.29. The van der Waals surface area contributed by atoms with E-state index in [1.165, 1.54) is 24.2 Å². The maximum atomic E-state index is 11.7. The van der Waals surface area contributed by atoms with Crippen LogP contribution in [0.3, 0.4) is 0 Å². The fraction of sp³-hybridized carbons (Fsp3) is 0.385. The fourth-order valence-corrected chi connectivity index (χ4v) is 2.48. The normalized spacial score (nSPS) is 14.2. The van der Waals surface area contributed by atoms with Crippen molar-refractivity contribution in [2.75, 3.05) is 18.4 Å². The predicted molar refractivity (Wildman–Crippen MR) is 77.4 cm³/mol. The number of rotatable bonds is 6. The van der Waals surface area contributed by atoms with E-state index in [2.05, 4.69) is 25.8 Å². The molecule has 1 amide bonds. The lowest BCUT2D eigenvalue weighted by molar-refractivity contribution is -0.115. The number of carbonyl (C=O) groups is 1. The molecule has 3 rings (SSSR count). The molecule has 104 valence electrons. The lowest BCUT2D eigenvalue weighted by Gasteiger charge is -2.02. The summed E-state index contributed by atoms with van der Waals surface area (Å²) in [5.41, 5.74) is 0.761. The van der Waals surface area contributed by atoms with Gasteiger partial charge in [0.15, 0.2) is 5.01 Å². The second-order valence-electron chi connectivity index (χ2n) is 4.75. The zero-order valence-corrected chi connectivity index (χ0v) is 11.7. The van der Waals surface area contributed by atoms with Crippen LogP contribution in [0, 0.1) is 5.92 Å². The second kappa shape index (κ2) is 6.06. The van der Waals surface area contributed by atoms with E-state index in [1.807, 2.05) is 18.2 Å². The Bertz CT molecular complexity index is 581. The van der Waals surface area contributed by atoms with Crippen molar-refractivity contribution >= 4 is 22.4 Å². The molecule has 0 radical (unpaired) electrons. The van der Waals surface area contributed by atoms with Gasteiger partial charge < -0.3 is 5.32 Å². The molecule has 1 saturated carbocycles. The zero-order valence-electron chi connectivity index (χ0n) is 10.9. The Kier molecular flexibility index (Phi) is 3.98. The molecule has 1 aliphatic carbocycles. The summed E-state index contributed by atoms with van der Waals surface area (Å²) in [6.45, 7) is 1.23. The molecule has 2 heterocycles. The molecule has 0 spiro atoms. The highest BCUT2D eigenvalue weighted by Gasteiger charge is 2.20. The number of carbonyl (C=O) groups excluding carboxylic acids is 1. The average Bonchev–Trinajstić information content (AvgIpc) is 3.17. The van der Waals surface area contributed by atoms with Crippen molar-refractivity contribution in [3.05, 3.63) is 24.4 Å². The summed E-state index contributed by atoms with van der Waals surface area (Å²) in [6, 6.07) is 5.60. The molecule has 2 N–H and O–H groups in total. The van der Waals surface area contributed by atoms with E-state index in [0.717, 1.165) is 18.2 Å². The van der Waals surface area contributed by atoms with Crippen molar-refractivity contribution in [3.63, 3.8) is 0 Å². The van der Waals surface area contributed by atoms with Crippen LogP contribution in [0.25, 0.3) is 10.7 Å². The van der Waals surface area contributed by atoms with Crippen LogP contribution in [-0.4, -0.2) is 34.2 Å². The highest BCUT2D eigenvalue weighted by molar-refractivity contribution is 7.18. The van der Waals surface area contributed by atoms with Crippen molar-refractivity contribution in [1.29, 1.82) is 0 Å². The quantitative estimate of drug-likeness (QED) is 0.843. The third kappa shape index (κ3) is 3.58. The van der Waals surface area contributed by atoms with Crippen LogP contribution < -0.4 is 10.6 Å². The molecule has 2 aromatic rings. The Hall–Kier alpha value is -1.86. The van der Waals surface area contributed by atoms with Crippen molar-refractivity contribution < 1.29 is 4.79 Å².